The smallest absolute Gasteiger partial charge is 0.284 e. The molecule has 19 heavy (non-hydrogen) atoms. The van der Waals surface area contributed by atoms with E-state index in [2.05, 4.69) is 5.32 Å². The second-order valence-electron chi connectivity index (χ2n) is 3.93. The van der Waals surface area contributed by atoms with Gasteiger partial charge in [0, 0.05) is 6.54 Å². The summed E-state index contributed by atoms with van der Waals surface area (Å²) in [5.74, 6) is -1.09. The van der Waals surface area contributed by atoms with Gasteiger partial charge in [0.2, 0.25) is 6.26 Å². The summed E-state index contributed by atoms with van der Waals surface area (Å²) >= 11 is 0. The number of carbonyl (C=O) groups excluding carboxylic acids is 2. The van der Waals surface area contributed by atoms with E-state index < -0.39 is 49.5 Å². The van der Waals surface area contributed by atoms with Gasteiger partial charge in [0.1, 0.15) is 25.8 Å². The van der Waals surface area contributed by atoms with Crippen LogP contribution < -0.4 is 5.32 Å². The molecule has 0 aromatic carbocycles. The minimum Gasteiger partial charge on any atom is -0.394 e. The minimum absolute atomic E-state index is 0.113. The number of hydrogen-bond donors (Lipinski definition) is 5. The van der Waals surface area contributed by atoms with Crippen molar-refractivity contribution in [1.29, 1.82) is 0 Å². The average molecular weight is 280 g/mol. The predicted octanol–water partition coefficient (Wildman–Crippen LogP) is -3.88. The summed E-state index contributed by atoms with van der Waals surface area (Å²) < 4.78 is 16.6. The number of carbonyl (C=O) groups is 2. The van der Waals surface area contributed by atoms with E-state index >= 15 is 0 Å². The van der Waals surface area contributed by atoms with Gasteiger partial charge < -0.3 is 35.2 Å². The summed E-state index contributed by atoms with van der Waals surface area (Å²) in [5.41, 5.74) is 0. The van der Waals surface area contributed by atoms with Crippen LogP contribution in [0.2, 0.25) is 0 Å². The van der Waals surface area contributed by atoms with Crippen LogP contribution in [0.5, 0.6) is 0 Å². The lowest BCUT2D eigenvalue weighted by Gasteiger charge is -2.39. The molecule has 0 bridgehead atoms. The van der Waals surface area contributed by atoms with Crippen molar-refractivity contribution >= 4 is 12.2 Å². The van der Waals surface area contributed by atoms with Gasteiger partial charge in [-0.05, 0) is 0 Å². The van der Waals surface area contributed by atoms with Gasteiger partial charge in [0.05, 0.1) is 13.2 Å². The Labute approximate surface area is 110 Å². The zero-order valence-electron chi connectivity index (χ0n) is 10.9. The number of amides is 1. The quantitative estimate of drug-likeness (QED) is 0.189. The molecular weight excluding hydrogens is 262 g/mol. The molecule has 5 N–H and O–H groups in total. The van der Waals surface area contributed by atoms with Gasteiger partial charge >= 0.3 is 0 Å². The molecule has 1 saturated heterocycles. The lowest BCUT2D eigenvalue weighted by molar-refractivity contribution is -0.300. The average Bonchev–Trinajstić information content (AvgIpc) is 2.42. The molecular formula is C10H17NO8. The van der Waals surface area contributed by atoms with Gasteiger partial charge in [-0.15, -0.1) is 0 Å². The first kappa shape index (κ1) is 14.3. The van der Waals surface area contributed by atoms with E-state index in [4.69, 9.17) is 16.0 Å². The Morgan fingerprint density at radius 1 is 1.37 bits per heavy atom. The van der Waals surface area contributed by atoms with Gasteiger partial charge in [-0.1, -0.05) is 0 Å². The first-order valence-corrected chi connectivity index (χ1v) is 5.59. The Hall–Kier alpha value is -1.10. The van der Waals surface area contributed by atoms with Gasteiger partial charge in [-0.3, -0.25) is 9.59 Å². The molecule has 1 rings (SSSR count). The summed E-state index contributed by atoms with van der Waals surface area (Å²) in [6.45, 7) is -0.852. The third-order valence-corrected chi connectivity index (χ3v) is 2.61. The van der Waals surface area contributed by atoms with Crippen molar-refractivity contribution in [2.75, 3.05) is 19.8 Å². The Morgan fingerprint density at radius 3 is 2.63 bits per heavy atom. The highest BCUT2D eigenvalue weighted by atomic mass is 16.7. The molecule has 5 atom stereocenters. The number of ether oxygens (including phenoxy) is 2. The number of aldehydes is 1. The number of nitrogens with one attached hydrogen (secondary N) is 1. The molecule has 0 aromatic rings. The third-order valence-electron chi connectivity index (χ3n) is 2.61. The van der Waals surface area contributed by atoms with E-state index in [1.165, 1.54) is 0 Å². The molecule has 0 saturated carbocycles. The van der Waals surface area contributed by atoms with E-state index in [0.717, 1.165) is 0 Å². The topological polar surface area (TPSA) is 146 Å². The molecule has 0 aromatic heterocycles. The summed E-state index contributed by atoms with van der Waals surface area (Å²) in [7, 11) is 0. The van der Waals surface area contributed by atoms with E-state index in [0.29, 0.717) is 0 Å². The largest absolute Gasteiger partial charge is 0.394 e. The fraction of sp³-hybridized carbons (Fsp3) is 0.800. The molecule has 110 valence electrons. The predicted molar refractivity (Wildman–Crippen MR) is 58.8 cm³/mol. The Balaban J connectivity index is 2.39. The normalized spacial score (nSPS) is 35.6. The van der Waals surface area contributed by atoms with Crippen LogP contribution in [0, 0.1) is 0 Å². The van der Waals surface area contributed by atoms with Crippen molar-refractivity contribution in [3.63, 3.8) is 0 Å². The van der Waals surface area contributed by atoms with Gasteiger partial charge in [0.25, 0.3) is 5.91 Å². The summed E-state index contributed by atoms with van der Waals surface area (Å²) in [5, 5.41) is 39.6. The van der Waals surface area contributed by atoms with Crippen LogP contribution in [0.4, 0.5) is 0 Å². The van der Waals surface area contributed by atoms with Crippen LogP contribution in [0.15, 0.2) is 0 Å². The Morgan fingerprint density at radius 2 is 2.05 bits per heavy atom. The van der Waals surface area contributed by atoms with Crippen molar-refractivity contribution in [3.8, 4) is 0 Å². The molecule has 0 unspecified atom stereocenters. The summed E-state index contributed by atoms with van der Waals surface area (Å²) in [4.78, 5) is 21.1. The van der Waals surface area contributed by atoms with Crippen LogP contribution in [-0.2, 0) is 19.1 Å². The Bertz CT molecular complexity index is 352. The monoisotopic (exact) mass is 280 g/mol. The molecule has 9 nitrogen and oxygen atoms in total. The first-order chi connectivity index (χ1) is 9.38. The summed E-state index contributed by atoms with van der Waals surface area (Å²) in [6.07, 6.45) is -8.32. The first-order valence-electron chi connectivity index (χ1n) is 6.09. The zero-order chi connectivity index (χ0) is 15.3. The standard InChI is InChI=1S/C10H17NO8/c12-3-5-7(15)8(16)9(17)10(19-5)18-2-1-11-6(14)4-13/h4-5,7-10,12,15-17H,1-3H2,(H,11,14)/t5-,7+,8+,9-,10-/m1/s1/i4D. The van der Waals surface area contributed by atoms with Crippen molar-refractivity contribution < 1.29 is 40.9 Å². The van der Waals surface area contributed by atoms with Crippen molar-refractivity contribution in [2.24, 2.45) is 0 Å². The van der Waals surface area contributed by atoms with E-state index in [1.54, 1.807) is 0 Å². The fourth-order valence-electron chi connectivity index (χ4n) is 1.58. The van der Waals surface area contributed by atoms with Crippen molar-refractivity contribution in [3.05, 3.63) is 0 Å². The van der Waals surface area contributed by atoms with Crippen molar-refractivity contribution in [1.82, 2.24) is 5.32 Å². The molecule has 1 fully saturated rings. The molecule has 1 aliphatic rings. The number of rotatable bonds is 6. The molecule has 1 heterocycles. The van der Waals surface area contributed by atoms with Gasteiger partial charge in [-0.25, -0.2) is 0 Å². The maximum absolute atomic E-state index is 10.8. The van der Waals surface area contributed by atoms with Crippen LogP contribution in [0.25, 0.3) is 0 Å². The second kappa shape index (κ2) is 7.48. The van der Waals surface area contributed by atoms with E-state index in [1.807, 2.05) is 0 Å². The highest BCUT2D eigenvalue weighted by molar-refractivity contribution is 6.23. The molecule has 1 amide bonds. The second-order valence-corrected chi connectivity index (χ2v) is 3.93. The fourth-order valence-corrected chi connectivity index (χ4v) is 1.58. The lowest BCUT2D eigenvalue weighted by atomic mass is 9.99. The number of hydrogen-bond acceptors (Lipinski definition) is 8. The maximum atomic E-state index is 10.8. The maximum Gasteiger partial charge on any atom is 0.284 e. The molecule has 9 heteroatoms. The van der Waals surface area contributed by atoms with E-state index in [-0.39, 0.29) is 13.2 Å². The van der Waals surface area contributed by atoms with E-state index in [9.17, 15) is 24.9 Å². The highest BCUT2D eigenvalue weighted by Crippen LogP contribution is 2.21. The highest BCUT2D eigenvalue weighted by Gasteiger charge is 2.43. The lowest BCUT2D eigenvalue weighted by Crippen LogP contribution is -2.59. The minimum atomic E-state index is -1.55. The van der Waals surface area contributed by atoms with Crippen LogP contribution >= 0.6 is 0 Å². The molecule has 1 aliphatic heterocycles. The molecule has 0 spiro atoms. The van der Waals surface area contributed by atoms with Gasteiger partial charge in [-0.2, -0.15) is 0 Å². The van der Waals surface area contributed by atoms with Crippen LogP contribution in [0.1, 0.15) is 1.37 Å². The van der Waals surface area contributed by atoms with Gasteiger partial charge in [0.15, 0.2) is 6.29 Å². The molecule has 0 aliphatic carbocycles. The SMILES string of the molecule is [2H]C(=O)C(=O)NCCO[C@@H]1O[C@H](CO)[C@H](O)[C@H](O)[C@H]1O. The van der Waals surface area contributed by atoms with Crippen molar-refractivity contribution in [2.45, 2.75) is 30.7 Å². The number of aliphatic hydroxyl groups excluding tert-OH is 4. The Kier molecular flexibility index (Phi) is 5.63. The number of aliphatic hydroxyl groups is 4. The van der Waals surface area contributed by atoms with Crippen LogP contribution in [0.3, 0.4) is 0 Å². The van der Waals surface area contributed by atoms with Crippen LogP contribution in [-0.4, -0.2) is 83.1 Å². The third kappa shape index (κ3) is 4.20. The molecule has 0 radical (unpaired) electrons. The summed E-state index contributed by atoms with van der Waals surface area (Å²) in [6, 6.07) is 0. The zero-order valence-corrected chi connectivity index (χ0v) is 9.93.